The molecule has 1 fully saturated rings. The van der Waals surface area contributed by atoms with Crippen molar-refractivity contribution < 1.29 is 4.74 Å². The van der Waals surface area contributed by atoms with Crippen LogP contribution in [-0.2, 0) is 0 Å². The molecular weight excluding hydrogens is 473 g/mol. The maximum absolute atomic E-state index is 6.67. The molecule has 0 aliphatic carbocycles. The van der Waals surface area contributed by atoms with Gasteiger partial charge in [-0.15, -0.1) is 0 Å². The zero-order chi connectivity index (χ0) is 20.2. The molecule has 1 saturated heterocycles. The lowest BCUT2D eigenvalue weighted by atomic mass is 9.90. The molecule has 0 amide bonds. The maximum Gasteiger partial charge on any atom is 0.200 e. The standard InChI is InChI=1S/C22H22BrCl2N3O/c1-2-27-9-7-22(8-10-27)28-20(17-11-14(23)3-6-21(17)29-22)13-19(26-28)16-5-4-15(24)12-18(16)25/h3-6,11-12,20H,2,7-10,13H2,1H3/t20-/m0/s1. The predicted molar refractivity (Wildman–Crippen MR) is 121 cm³/mol. The van der Waals surface area contributed by atoms with Crippen LogP contribution < -0.4 is 4.74 Å². The number of likely N-dealkylation sites (tertiary alicyclic amines) is 1. The van der Waals surface area contributed by atoms with E-state index in [1.54, 1.807) is 6.07 Å². The first-order valence-electron chi connectivity index (χ1n) is 10.0. The lowest BCUT2D eigenvalue weighted by Crippen LogP contribution is -2.59. The Kier molecular flexibility index (Phi) is 5.06. The van der Waals surface area contributed by atoms with Crippen molar-refractivity contribution in [3.8, 4) is 5.75 Å². The van der Waals surface area contributed by atoms with Crippen molar-refractivity contribution in [2.24, 2.45) is 5.10 Å². The van der Waals surface area contributed by atoms with E-state index in [1.165, 1.54) is 5.56 Å². The summed E-state index contributed by atoms with van der Waals surface area (Å²) in [5.74, 6) is 0.970. The van der Waals surface area contributed by atoms with E-state index in [-0.39, 0.29) is 6.04 Å². The smallest absolute Gasteiger partial charge is 0.200 e. The van der Waals surface area contributed by atoms with E-state index in [1.807, 2.05) is 12.1 Å². The molecule has 3 heterocycles. The van der Waals surface area contributed by atoms with E-state index in [9.17, 15) is 0 Å². The van der Waals surface area contributed by atoms with Gasteiger partial charge in [0.25, 0.3) is 0 Å². The number of hydrogen-bond donors (Lipinski definition) is 0. The minimum absolute atomic E-state index is 0.145. The summed E-state index contributed by atoms with van der Waals surface area (Å²) in [6.45, 7) is 5.30. The molecule has 7 heteroatoms. The number of halogens is 3. The van der Waals surface area contributed by atoms with Crippen LogP contribution in [0.5, 0.6) is 5.75 Å². The SMILES string of the molecule is CCN1CCC2(CC1)Oc1ccc(Br)cc1[C@@H]1CC(c3ccc(Cl)cc3Cl)=NN12. The molecule has 1 atom stereocenters. The summed E-state index contributed by atoms with van der Waals surface area (Å²) >= 11 is 16.2. The van der Waals surface area contributed by atoms with Gasteiger partial charge in [-0.3, -0.25) is 0 Å². The average molecular weight is 495 g/mol. The highest BCUT2D eigenvalue weighted by Gasteiger charge is 2.51. The summed E-state index contributed by atoms with van der Waals surface area (Å²) in [5.41, 5.74) is 2.71. The van der Waals surface area contributed by atoms with Crippen molar-refractivity contribution in [2.75, 3.05) is 19.6 Å². The highest BCUT2D eigenvalue weighted by molar-refractivity contribution is 9.10. The number of hydrazone groups is 1. The summed E-state index contributed by atoms with van der Waals surface area (Å²) in [6.07, 6.45) is 2.66. The van der Waals surface area contributed by atoms with E-state index in [2.05, 4.69) is 51.0 Å². The lowest BCUT2D eigenvalue weighted by molar-refractivity contribution is -0.149. The lowest BCUT2D eigenvalue weighted by Gasteiger charge is -2.51. The van der Waals surface area contributed by atoms with Gasteiger partial charge in [-0.25, -0.2) is 5.01 Å². The summed E-state index contributed by atoms with van der Waals surface area (Å²) in [4.78, 5) is 2.47. The number of hydrogen-bond acceptors (Lipinski definition) is 4. The number of nitrogens with zero attached hydrogens (tertiary/aromatic N) is 3. The number of benzene rings is 2. The first kappa shape index (κ1) is 19.7. The van der Waals surface area contributed by atoms with Crippen LogP contribution in [0.2, 0.25) is 10.0 Å². The van der Waals surface area contributed by atoms with Gasteiger partial charge in [0, 0.05) is 53.0 Å². The number of piperidine rings is 1. The van der Waals surface area contributed by atoms with Crippen molar-refractivity contribution >= 4 is 44.8 Å². The van der Waals surface area contributed by atoms with Crippen LogP contribution in [0, 0.1) is 0 Å². The summed E-state index contributed by atoms with van der Waals surface area (Å²) < 4.78 is 7.72. The van der Waals surface area contributed by atoms with Gasteiger partial charge in [-0.1, -0.05) is 52.1 Å². The van der Waals surface area contributed by atoms with Crippen molar-refractivity contribution in [3.05, 3.63) is 62.0 Å². The molecule has 0 bridgehead atoms. The Labute approximate surface area is 189 Å². The van der Waals surface area contributed by atoms with E-state index < -0.39 is 5.72 Å². The van der Waals surface area contributed by atoms with Gasteiger partial charge in [0.15, 0.2) is 0 Å². The average Bonchev–Trinajstić information content (AvgIpc) is 3.16. The third-order valence-electron chi connectivity index (χ3n) is 6.29. The molecule has 0 radical (unpaired) electrons. The molecule has 2 aromatic rings. The topological polar surface area (TPSA) is 28.1 Å². The minimum Gasteiger partial charge on any atom is -0.466 e. The third kappa shape index (κ3) is 3.36. The highest BCUT2D eigenvalue weighted by atomic mass is 79.9. The largest absolute Gasteiger partial charge is 0.466 e. The maximum atomic E-state index is 6.67. The normalized spacial score (nSPS) is 22.8. The number of ether oxygens (including phenoxy) is 1. The zero-order valence-electron chi connectivity index (χ0n) is 16.2. The van der Waals surface area contributed by atoms with Crippen molar-refractivity contribution in [3.63, 3.8) is 0 Å². The van der Waals surface area contributed by atoms with Gasteiger partial charge in [0.05, 0.1) is 16.8 Å². The Morgan fingerprint density at radius 3 is 2.69 bits per heavy atom. The Morgan fingerprint density at radius 2 is 1.97 bits per heavy atom. The quantitative estimate of drug-likeness (QED) is 0.504. The molecule has 5 rings (SSSR count). The second-order valence-corrected chi connectivity index (χ2v) is 9.66. The molecule has 29 heavy (non-hydrogen) atoms. The summed E-state index contributed by atoms with van der Waals surface area (Å²) in [5, 5.41) is 8.58. The minimum atomic E-state index is -0.405. The Bertz CT molecular complexity index is 988. The summed E-state index contributed by atoms with van der Waals surface area (Å²) in [6, 6.07) is 12.1. The first-order valence-corrected chi connectivity index (χ1v) is 11.6. The second-order valence-electron chi connectivity index (χ2n) is 7.90. The first-order chi connectivity index (χ1) is 14.0. The molecule has 0 saturated carbocycles. The van der Waals surface area contributed by atoms with Gasteiger partial charge in [-0.05, 0) is 36.9 Å². The fraction of sp³-hybridized carbons (Fsp3) is 0.409. The molecule has 152 valence electrons. The van der Waals surface area contributed by atoms with Gasteiger partial charge in [0.2, 0.25) is 5.72 Å². The fourth-order valence-corrected chi connectivity index (χ4v) is 5.58. The Balaban J connectivity index is 1.58. The van der Waals surface area contributed by atoms with Crippen LogP contribution in [0.25, 0.3) is 0 Å². The molecule has 4 nitrogen and oxygen atoms in total. The molecule has 3 aliphatic rings. The molecule has 3 aliphatic heterocycles. The monoisotopic (exact) mass is 493 g/mol. The van der Waals surface area contributed by atoms with Crippen molar-refractivity contribution in [1.29, 1.82) is 0 Å². The van der Waals surface area contributed by atoms with Gasteiger partial charge < -0.3 is 9.64 Å². The van der Waals surface area contributed by atoms with E-state index in [4.69, 9.17) is 33.0 Å². The van der Waals surface area contributed by atoms with Crippen LogP contribution in [0.15, 0.2) is 46.0 Å². The van der Waals surface area contributed by atoms with Crippen LogP contribution >= 0.6 is 39.1 Å². The summed E-state index contributed by atoms with van der Waals surface area (Å²) in [7, 11) is 0. The number of rotatable bonds is 2. The molecule has 0 unspecified atom stereocenters. The second kappa shape index (κ2) is 7.45. The van der Waals surface area contributed by atoms with Gasteiger partial charge >= 0.3 is 0 Å². The van der Waals surface area contributed by atoms with Crippen molar-refractivity contribution in [1.82, 2.24) is 9.91 Å². The van der Waals surface area contributed by atoms with E-state index in [0.29, 0.717) is 10.0 Å². The Hall–Kier alpha value is -1.27. The van der Waals surface area contributed by atoms with Crippen LogP contribution in [-0.4, -0.2) is 41.0 Å². The highest BCUT2D eigenvalue weighted by Crippen LogP contribution is 2.50. The van der Waals surface area contributed by atoms with Gasteiger partial charge in [-0.2, -0.15) is 5.10 Å². The van der Waals surface area contributed by atoms with E-state index in [0.717, 1.165) is 60.4 Å². The molecule has 1 spiro atoms. The molecule has 0 aromatic heterocycles. The fourth-order valence-electron chi connectivity index (χ4n) is 4.69. The molecule has 2 aromatic carbocycles. The van der Waals surface area contributed by atoms with Crippen LogP contribution in [0.4, 0.5) is 0 Å². The third-order valence-corrected chi connectivity index (χ3v) is 7.33. The van der Waals surface area contributed by atoms with E-state index >= 15 is 0 Å². The zero-order valence-corrected chi connectivity index (χ0v) is 19.3. The number of fused-ring (bicyclic) bond motifs is 4. The van der Waals surface area contributed by atoms with Crippen molar-refractivity contribution in [2.45, 2.75) is 38.0 Å². The molecule has 0 N–H and O–H groups in total. The Morgan fingerprint density at radius 1 is 1.17 bits per heavy atom. The predicted octanol–water partition coefficient (Wildman–Crippen LogP) is 6.11. The van der Waals surface area contributed by atoms with Crippen LogP contribution in [0.3, 0.4) is 0 Å². The molecular formula is C22H22BrCl2N3O. The van der Waals surface area contributed by atoms with Crippen LogP contribution in [0.1, 0.15) is 43.4 Å². The van der Waals surface area contributed by atoms with Gasteiger partial charge in [0.1, 0.15) is 5.75 Å².